The van der Waals surface area contributed by atoms with Crippen LogP contribution in [0.2, 0.25) is 0 Å². The van der Waals surface area contributed by atoms with Gasteiger partial charge in [-0.05, 0) is 37.6 Å². The molecule has 0 unspecified atom stereocenters. The number of methoxy groups -OCH3 is 2. The molecule has 8 heteroatoms. The molecule has 0 saturated heterocycles. The van der Waals surface area contributed by atoms with Crippen molar-refractivity contribution in [2.75, 3.05) is 14.2 Å². The number of benzene rings is 2. The van der Waals surface area contributed by atoms with Crippen LogP contribution < -0.4 is 0 Å². The highest BCUT2D eigenvalue weighted by Gasteiger charge is 2.31. The maximum atomic E-state index is 12.8. The first kappa shape index (κ1) is 21.0. The van der Waals surface area contributed by atoms with Crippen LogP contribution in [0.4, 0.5) is 0 Å². The van der Waals surface area contributed by atoms with Crippen molar-refractivity contribution in [1.29, 1.82) is 0 Å². The number of ether oxygens (including phenoxy) is 2. The smallest absolute Gasteiger partial charge is 0.357 e. The maximum Gasteiger partial charge on any atom is 0.357 e. The molecule has 2 heterocycles. The van der Waals surface area contributed by atoms with Gasteiger partial charge in [0.25, 0.3) is 0 Å². The van der Waals surface area contributed by atoms with Crippen LogP contribution in [0.15, 0.2) is 59.1 Å². The lowest BCUT2D eigenvalue weighted by molar-refractivity contribution is 0.0549. The average molecular weight is 431 g/mol. The molecule has 0 N–H and O–H groups in total. The van der Waals surface area contributed by atoms with Crippen LogP contribution in [0.5, 0.6) is 0 Å². The fourth-order valence-corrected chi connectivity index (χ4v) is 3.67. The number of carbonyl (C=O) groups is 2. The topological polar surface area (TPSA) is 96.5 Å². The summed E-state index contributed by atoms with van der Waals surface area (Å²) in [7, 11) is 2.51. The number of hydrogen-bond acceptors (Lipinski definition) is 7. The molecule has 4 rings (SSSR count). The SMILES string of the molecule is COC(=O)c1c(-c2cccc(-c3c(C)noc3C)c2)nn(-c2ccccc2)c1C(=O)OC. The number of carbonyl (C=O) groups excluding carboxylic acids is 2. The molecule has 0 amide bonds. The van der Waals surface area contributed by atoms with Crippen molar-refractivity contribution >= 4 is 11.9 Å². The zero-order valence-electron chi connectivity index (χ0n) is 18.1. The molecule has 0 spiro atoms. The third-order valence-electron chi connectivity index (χ3n) is 5.11. The highest BCUT2D eigenvalue weighted by atomic mass is 16.5. The van der Waals surface area contributed by atoms with Gasteiger partial charge in [0, 0.05) is 11.1 Å². The van der Waals surface area contributed by atoms with E-state index in [1.165, 1.54) is 18.9 Å². The molecular formula is C24H21N3O5. The largest absolute Gasteiger partial charge is 0.465 e. The lowest BCUT2D eigenvalue weighted by atomic mass is 9.98. The number of esters is 2. The Hall–Kier alpha value is -4.20. The van der Waals surface area contributed by atoms with Gasteiger partial charge >= 0.3 is 11.9 Å². The van der Waals surface area contributed by atoms with Crippen molar-refractivity contribution in [1.82, 2.24) is 14.9 Å². The minimum atomic E-state index is -0.699. The average Bonchev–Trinajstić information content (AvgIpc) is 3.39. The summed E-state index contributed by atoms with van der Waals surface area (Å²) < 4.78 is 16.7. The van der Waals surface area contributed by atoms with Crippen molar-refractivity contribution < 1.29 is 23.6 Å². The van der Waals surface area contributed by atoms with Crippen molar-refractivity contribution in [2.45, 2.75) is 13.8 Å². The highest BCUT2D eigenvalue weighted by molar-refractivity contribution is 6.07. The zero-order valence-corrected chi connectivity index (χ0v) is 18.1. The summed E-state index contributed by atoms with van der Waals surface area (Å²) in [6.07, 6.45) is 0. The Kier molecular flexibility index (Phi) is 5.59. The summed E-state index contributed by atoms with van der Waals surface area (Å²) in [6.45, 7) is 3.69. The molecule has 0 fully saturated rings. The number of nitrogens with zero attached hydrogens (tertiary/aromatic N) is 3. The van der Waals surface area contributed by atoms with Gasteiger partial charge in [0.15, 0.2) is 5.69 Å². The molecule has 2 aromatic carbocycles. The van der Waals surface area contributed by atoms with Crippen molar-refractivity contribution in [3.63, 3.8) is 0 Å². The van der Waals surface area contributed by atoms with Crippen LogP contribution >= 0.6 is 0 Å². The molecule has 0 aliphatic rings. The van der Waals surface area contributed by atoms with E-state index in [1.54, 1.807) is 12.1 Å². The van der Waals surface area contributed by atoms with E-state index in [9.17, 15) is 9.59 Å². The highest BCUT2D eigenvalue weighted by Crippen LogP contribution is 2.33. The van der Waals surface area contributed by atoms with Gasteiger partial charge in [-0.25, -0.2) is 14.3 Å². The van der Waals surface area contributed by atoms with Crippen LogP contribution in [-0.2, 0) is 9.47 Å². The zero-order chi connectivity index (χ0) is 22.8. The molecule has 0 aliphatic heterocycles. The third-order valence-corrected chi connectivity index (χ3v) is 5.11. The van der Waals surface area contributed by atoms with E-state index < -0.39 is 11.9 Å². The Morgan fingerprint density at radius 3 is 2.22 bits per heavy atom. The standard InChI is InChI=1S/C24H21N3O5/c1-14-19(15(2)32-26-14)16-9-8-10-17(13-16)21-20(23(28)30-3)22(24(29)31-4)27(25-21)18-11-6-5-7-12-18/h5-13H,1-4H3. The second-order valence-corrected chi connectivity index (χ2v) is 7.08. The monoisotopic (exact) mass is 431 g/mol. The predicted octanol–water partition coefficient (Wildman–Crippen LogP) is 4.38. The number of para-hydroxylation sites is 1. The number of aryl methyl sites for hydroxylation is 2. The molecule has 8 nitrogen and oxygen atoms in total. The van der Waals surface area contributed by atoms with Crippen LogP contribution in [0.25, 0.3) is 28.1 Å². The summed E-state index contributed by atoms with van der Waals surface area (Å²) in [6, 6.07) is 16.5. The first-order valence-electron chi connectivity index (χ1n) is 9.85. The lowest BCUT2D eigenvalue weighted by Crippen LogP contribution is -2.15. The van der Waals surface area contributed by atoms with Gasteiger partial charge in [-0.2, -0.15) is 5.10 Å². The summed E-state index contributed by atoms with van der Waals surface area (Å²) in [5, 5.41) is 8.65. The Bertz CT molecular complexity index is 1290. The fraction of sp³-hybridized carbons (Fsp3) is 0.167. The van der Waals surface area contributed by atoms with E-state index in [0.717, 1.165) is 16.8 Å². The Morgan fingerprint density at radius 1 is 0.906 bits per heavy atom. The molecule has 4 aromatic rings. The van der Waals surface area contributed by atoms with Gasteiger partial charge in [-0.3, -0.25) is 0 Å². The molecule has 0 atom stereocenters. The first-order chi connectivity index (χ1) is 15.5. The van der Waals surface area contributed by atoms with Crippen molar-refractivity contribution in [2.24, 2.45) is 0 Å². The molecular weight excluding hydrogens is 410 g/mol. The quantitative estimate of drug-likeness (QED) is 0.433. The lowest BCUT2D eigenvalue weighted by Gasteiger charge is -2.07. The number of rotatable bonds is 5. The van der Waals surface area contributed by atoms with E-state index >= 15 is 0 Å². The van der Waals surface area contributed by atoms with Crippen LogP contribution in [0.1, 0.15) is 32.3 Å². The fourth-order valence-electron chi connectivity index (χ4n) is 3.67. The van der Waals surface area contributed by atoms with Gasteiger partial charge in [-0.15, -0.1) is 0 Å². The summed E-state index contributed by atoms with van der Waals surface area (Å²) in [5.74, 6) is -0.710. The van der Waals surface area contributed by atoms with Gasteiger partial charge in [0.2, 0.25) is 0 Å². The molecule has 32 heavy (non-hydrogen) atoms. The molecule has 0 aliphatic carbocycles. The Morgan fingerprint density at radius 2 is 1.59 bits per heavy atom. The molecule has 0 radical (unpaired) electrons. The number of hydrogen-bond donors (Lipinski definition) is 0. The molecule has 0 saturated carbocycles. The van der Waals surface area contributed by atoms with Crippen LogP contribution in [-0.4, -0.2) is 41.1 Å². The van der Waals surface area contributed by atoms with E-state index in [-0.39, 0.29) is 11.3 Å². The normalized spacial score (nSPS) is 10.8. The van der Waals surface area contributed by atoms with Gasteiger partial charge < -0.3 is 14.0 Å². The van der Waals surface area contributed by atoms with Crippen molar-refractivity contribution in [3.05, 3.63) is 77.3 Å². The summed E-state index contributed by atoms with van der Waals surface area (Å²) in [5.41, 5.74) is 4.01. The van der Waals surface area contributed by atoms with Crippen molar-refractivity contribution in [3.8, 4) is 28.1 Å². The van der Waals surface area contributed by atoms with E-state index in [0.29, 0.717) is 22.7 Å². The Labute approximate surface area is 184 Å². The molecule has 162 valence electrons. The summed E-state index contributed by atoms with van der Waals surface area (Å²) >= 11 is 0. The third kappa shape index (κ3) is 3.56. The predicted molar refractivity (Wildman–Crippen MR) is 117 cm³/mol. The molecule has 2 aromatic heterocycles. The van der Waals surface area contributed by atoms with Gasteiger partial charge in [0.05, 0.1) is 25.6 Å². The first-order valence-corrected chi connectivity index (χ1v) is 9.85. The van der Waals surface area contributed by atoms with Gasteiger partial charge in [0.1, 0.15) is 17.0 Å². The van der Waals surface area contributed by atoms with Gasteiger partial charge in [-0.1, -0.05) is 41.6 Å². The van der Waals surface area contributed by atoms with E-state index in [4.69, 9.17) is 14.0 Å². The van der Waals surface area contributed by atoms with Crippen LogP contribution in [0, 0.1) is 13.8 Å². The second kappa shape index (κ2) is 8.50. The second-order valence-electron chi connectivity index (χ2n) is 7.08. The minimum absolute atomic E-state index is 0.0108. The summed E-state index contributed by atoms with van der Waals surface area (Å²) in [4.78, 5) is 25.5. The molecule has 0 bridgehead atoms. The minimum Gasteiger partial charge on any atom is -0.465 e. The Balaban J connectivity index is 1.99. The van der Waals surface area contributed by atoms with E-state index in [1.807, 2.05) is 56.3 Å². The van der Waals surface area contributed by atoms with E-state index in [2.05, 4.69) is 10.3 Å². The maximum absolute atomic E-state index is 12.8. The van der Waals surface area contributed by atoms with Crippen LogP contribution in [0.3, 0.4) is 0 Å². The number of aromatic nitrogens is 3.